The number of pyridine rings is 1. The number of carbonyl (C=O) groups is 1. The SMILES string of the molecule is CC(C)c1nc2ccc(NC(=O)N3CC(c4ccccn4)C3)cc2[nH]1. The quantitative estimate of drug-likeness (QED) is 0.766. The van der Waals surface area contributed by atoms with E-state index in [0.717, 1.165) is 28.2 Å². The summed E-state index contributed by atoms with van der Waals surface area (Å²) in [4.78, 5) is 26.4. The summed E-state index contributed by atoms with van der Waals surface area (Å²) in [6.07, 6.45) is 1.79. The molecule has 1 aromatic carbocycles. The van der Waals surface area contributed by atoms with Gasteiger partial charge in [-0.3, -0.25) is 4.98 Å². The molecule has 1 aliphatic heterocycles. The van der Waals surface area contributed by atoms with Crippen molar-refractivity contribution in [2.24, 2.45) is 0 Å². The summed E-state index contributed by atoms with van der Waals surface area (Å²) in [6.45, 7) is 5.60. The van der Waals surface area contributed by atoms with E-state index in [0.29, 0.717) is 24.9 Å². The Balaban J connectivity index is 1.40. The highest BCUT2D eigenvalue weighted by Gasteiger charge is 2.32. The van der Waals surface area contributed by atoms with Crippen molar-refractivity contribution in [3.8, 4) is 0 Å². The lowest BCUT2D eigenvalue weighted by molar-refractivity contribution is 0.162. The van der Waals surface area contributed by atoms with Gasteiger partial charge in [0.1, 0.15) is 5.82 Å². The summed E-state index contributed by atoms with van der Waals surface area (Å²) in [6, 6.07) is 11.6. The van der Waals surface area contributed by atoms with Gasteiger partial charge in [0.25, 0.3) is 0 Å². The Labute approximate surface area is 146 Å². The monoisotopic (exact) mass is 335 g/mol. The van der Waals surface area contributed by atoms with E-state index < -0.39 is 0 Å². The average molecular weight is 335 g/mol. The molecular weight excluding hydrogens is 314 g/mol. The van der Waals surface area contributed by atoms with Crippen LogP contribution in [-0.2, 0) is 0 Å². The maximum Gasteiger partial charge on any atom is 0.321 e. The highest BCUT2D eigenvalue weighted by Crippen LogP contribution is 2.26. The van der Waals surface area contributed by atoms with Crippen LogP contribution < -0.4 is 5.32 Å². The standard InChI is InChI=1S/C19H21N5O/c1-12(2)18-22-16-7-6-14(9-17(16)23-18)21-19(25)24-10-13(11-24)15-5-3-4-8-20-15/h3-9,12-13H,10-11H2,1-2H3,(H,21,25)(H,22,23). The van der Waals surface area contributed by atoms with Gasteiger partial charge < -0.3 is 15.2 Å². The van der Waals surface area contributed by atoms with Gasteiger partial charge >= 0.3 is 6.03 Å². The molecule has 6 heteroatoms. The summed E-state index contributed by atoms with van der Waals surface area (Å²) in [5.41, 5.74) is 3.68. The van der Waals surface area contributed by atoms with Gasteiger partial charge in [-0.15, -0.1) is 0 Å². The van der Waals surface area contributed by atoms with Crippen LogP contribution in [0, 0.1) is 0 Å². The number of H-pyrrole nitrogens is 1. The number of nitrogens with one attached hydrogen (secondary N) is 2. The molecule has 25 heavy (non-hydrogen) atoms. The van der Waals surface area contributed by atoms with E-state index in [1.807, 2.05) is 36.4 Å². The second-order valence-electron chi connectivity index (χ2n) is 6.80. The number of carbonyl (C=O) groups excluding carboxylic acids is 1. The van der Waals surface area contributed by atoms with Crippen LogP contribution in [0.4, 0.5) is 10.5 Å². The Morgan fingerprint density at radius 1 is 1.28 bits per heavy atom. The average Bonchev–Trinajstić information content (AvgIpc) is 2.98. The molecule has 3 heterocycles. The zero-order valence-electron chi connectivity index (χ0n) is 14.4. The predicted molar refractivity (Wildman–Crippen MR) is 97.8 cm³/mol. The van der Waals surface area contributed by atoms with Crippen molar-refractivity contribution in [1.29, 1.82) is 0 Å². The van der Waals surface area contributed by atoms with E-state index in [-0.39, 0.29) is 6.03 Å². The molecule has 0 unspecified atom stereocenters. The first-order valence-corrected chi connectivity index (χ1v) is 8.56. The third-order valence-corrected chi connectivity index (χ3v) is 4.57. The van der Waals surface area contributed by atoms with Crippen molar-refractivity contribution in [3.63, 3.8) is 0 Å². The Kier molecular flexibility index (Phi) is 3.87. The van der Waals surface area contributed by atoms with Crippen LogP contribution in [0.25, 0.3) is 11.0 Å². The largest absolute Gasteiger partial charge is 0.342 e. The number of nitrogens with zero attached hydrogens (tertiary/aromatic N) is 3. The number of aromatic amines is 1. The first-order chi connectivity index (χ1) is 12.1. The highest BCUT2D eigenvalue weighted by atomic mass is 16.2. The fourth-order valence-corrected chi connectivity index (χ4v) is 3.03. The van der Waals surface area contributed by atoms with Crippen molar-refractivity contribution < 1.29 is 4.79 Å². The molecule has 128 valence electrons. The van der Waals surface area contributed by atoms with Gasteiger partial charge in [-0.1, -0.05) is 19.9 Å². The van der Waals surface area contributed by atoms with Gasteiger partial charge in [-0.25, -0.2) is 9.78 Å². The lowest BCUT2D eigenvalue weighted by Crippen LogP contribution is -2.50. The first kappa shape index (κ1) is 15.6. The Hall–Kier alpha value is -2.89. The summed E-state index contributed by atoms with van der Waals surface area (Å²) >= 11 is 0. The van der Waals surface area contributed by atoms with E-state index in [1.54, 1.807) is 11.1 Å². The van der Waals surface area contributed by atoms with Gasteiger partial charge in [0.15, 0.2) is 0 Å². The molecule has 1 saturated heterocycles. The van der Waals surface area contributed by atoms with Crippen molar-refractivity contribution in [1.82, 2.24) is 19.9 Å². The van der Waals surface area contributed by atoms with Crippen molar-refractivity contribution in [3.05, 3.63) is 54.1 Å². The molecule has 2 N–H and O–H groups in total. The van der Waals surface area contributed by atoms with E-state index in [1.165, 1.54) is 0 Å². The topological polar surface area (TPSA) is 73.9 Å². The van der Waals surface area contributed by atoms with Crippen LogP contribution in [0.1, 0.15) is 37.2 Å². The minimum absolute atomic E-state index is 0.0740. The summed E-state index contributed by atoms with van der Waals surface area (Å²) in [5.74, 6) is 1.63. The first-order valence-electron chi connectivity index (χ1n) is 8.56. The smallest absolute Gasteiger partial charge is 0.321 e. The molecule has 1 aliphatic rings. The number of fused-ring (bicyclic) bond motifs is 1. The maximum atomic E-state index is 12.4. The van der Waals surface area contributed by atoms with Crippen molar-refractivity contribution in [2.45, 2.75) is 25.7 Å². The Morgan fingerprint density at radius 2 is 2.12 bits per heavy atom. The van der Waals surface area contributed by atoms with Crippen LogP contribution in [0.2, 0.25) is 0 Å². The molecule has 2 amide bonds. The van der Waals surface area contributed by atoms with Gasteiger partial charge in [-0.05, 0) is 30.3 Å². The molecule has 6 nitrogen and oxygen atoms in total. The van der Waals surface area contributed by atoms with E-state index in [9.17, 15) is 4.79 Å². The number of benzene rings is 1. The lowest BCUT2D eigenvalue weighted by Gasteiger charge is -2.38. The normalized spacial score (nSPS) is 14.8. The molecule has 0 aliphatic carbocycles. The van der Waals surface area contributed by atoms with E-state index in [2.05, 4.69) is 34.1 Å². The number of aromatic nitrogens is 3. The molecule has 2 aromatic heterocycles. The molecular formula is C19H21N5O. The Bertz CT molecular complexity index is 897. The second-order valence-corrected chi connectivity index (χ2v) is 6.80. The van der Waals surface area contributed by atoms with Gasteiger partial charge in [0.05, 0.1) is 11.0 Å². The van der Waals surface area contributed by atoms with Crippen molar-refractivity contribution >= 4 is 22.8 Å². The fourth-order valence-electron chi connectivity index (χ4n) is 3.03. The van der Waals surface area contributed by atoms with Crippen LogP contribution in [0.5, 0.6) is 0 Å². The van der Waals surface area contributed by atoms with Crippen LogP contribution in [0.3, 0.4) is 0 Å². The highest BCUT2D eigenvalue weighted by molar-refractivity contribution is 5.92. The number of hydrogen-bond acceptors (Lipinski definition) is 3. The molecule has 1 fully saturated rings. The summed E-state index contributed by atoms with van der Waals surface area (Å²) in [7, 11) is 0. The van der Waals surface area contributed by atoms with Gasteiger partial charge in [-0.2, -0.15) is 0 Å². The zero-order valence-corrected chi connectivity index (χ0v) is 14.4. The number of likely N-dealkylation sites (tertiary alicyclic amines) is 1. The van der Waals surface area contributed by atoms with Crippen molar-refractivity contribution in [2.75, 3.05) is 18.4 Å². The summed E-state index contributed by atoms with van der Waals surface area (Å²) in [5, 5.41) is 2.97. The number of hydrogen-bond donors (Lipinski definition) is 2. The molecule has 0 bridgehead atoms. The molecule has 0 saturated carbocycles. The number of rotatable bonds is 3. The maximum absolute atomic E-state index is 12.4. The molecule has 3 aromatic rings. The number of imidazole rings is 1. The number of amides is 2. The Morgan fingerprint density at radius 3 is 2.84 bits per heavy atom. The minimum atomic E-state index is -0.0740. The van der Waals surface area contributed by atoms with Crippen LogP contribution in [0.15, 0.2) is 42.6 Å². The van der Waals surface area contributed by atoms with Gasteiger partial charge in [0, 0.05) is 42.5 Å². The third-order valence-electron chi connectivity index (χ3n) is 4.57. The number of anilines is 1. The molecule has 0 atom stereocenters. The molecule has 0 radical (unpaired) electrons. The van der Waals surface area contributed by atoms with E-state index in [4.69, 9.17) is 0 Å². The van der Waals surface area contributed by atoms with Crippen LogP contribution >= 0.6 is 0 Å². The van der Waals surface area contributed by atoms with Gasteiger partial charge in [0.2, 0.25) is 0 Å². The lowest BCUT2D eigenvalue weighted by atomic mass is 9.96. The molecule has 0 spiro atoms. The number of urea groups is 1. The second kappa shape index (κ2) is 6.20. The predicted octanol–water partition coefficient (Wildman–Crippen LogP) is 3.71. The fraction of sp³-hybridized carbons (Fsp3) is 0.316. The zero-order chi connectivity index (χ0) is 17.4. The van der Waals surface area contributed by atoms with E-state index >= 15 is 0 Å². The third kappa shape index (κ3) is 3.07. The minimum Gasteiger partial charge on any atom is -0.342 e. The molecule has 4 rings (SSSR count). The van der Waals surface area contributed by atoms with Crippen LogP contribution in [-0.4, -0.2) is 39.0 Å². The summed E-state index contributed by atoms with van der Waals surface area (Å²) < 4.78 is 0.